The van der Waals surface area contributed by atoms with Gasteiger partial charge in [0.2, 0.25) is 12.1 Å². The van der Waals surface area contributed by atoms with Gasteiger partial charge in [0, 0.05) is 11.8 Å². The highest BCUT2D eigenvalue weighted by Crippen LogP contribution is 2.32. The summed E-state index contributed by atoms with van der Waals surface area (Å²) in [6.45, 7) is 11.7. The molecular weight excluding hydrogens is 478 g/mol. The van der Waals surface area contributed by atoms with Crippen LogP contribution in [0.1, 0.15) is 77.1 Å². The molecule has 3 N–H and O–H groups in total. The average Bonchev–Trinajstić information content (AvgIpc) is 3.22. The third kappa shape index (κ3) is 6.15. The summed E-state index contributed by atoms with van der Waals surface area (Å²) in [5.41, 5.74) is 5.13. The first-order valence-corrected chi connectivity index (χ1v) is 13.7. The minimum absolute atomic E-state index is 0.00394. The Kier molecular flexibility index (Phi) is 7.38. The number of aromatic amines is 1. The van der Waals surface area contributed by atoms with E-state index in [4.69, 9.17) is 9.72 Å². The van der Waals surface area contributed by atoms with E-state index in [2.05, 4.69) is 73.5 Å². The first-order chi connectivity index (χ1) is 18.1. The van der Waals surface area contributed by atoms with Crippen LogP contribution in [-0.2, 0) is 11.2 Å². The molecule has 1 fully saturated rings. The minimum Gasteiger partial charge on any atom is -0.369 e. The molecule has 1 aliphatic carbocycles. The summed E-state index contributed by atoms with van der Waals surface area (Å²) in [7, 11) is 0. The Balaban J connectivity index is 1.27. The van der Waals surface area contributed by atoms with Crippen LogP contribution in [0.25, 0.3) is 11.3 Å². The van der Waals surface area contributed by atoms with Crippen LogP contribution in [0.4, 0.5) is 16.4 Å². The van der Waals surface area contributed by atoms with Crippen molar-refractivity contribution in [3.8, 4) is 11.3 Å². The third-order valence-corrected chi connectivity index (χ3v) is 7.07. The number of hydrogen-bond acceptors (Lipinski definition) is 5. The van der Waals surface area contributed by atoms with Crippen LogP contribution in [0.15, 0.2) is 42.9 Å². The van der Waals surface area contributed by atoms with Gasteiger partial charge in [-0.05, 0) is 77.1 Å². The molecule has 1 aromatic carbocycles. The minimum atomic E-state index is -0.190. The van der Waals surface area contributed by atoms with Crippen LogP contribution < -0.4 is 15.3 Å². The lowest BCUT2D eigenvalue weighted by Crippen LogP contribution is -2.59. The third-order valence-electron chi connectivity index (χ3n) is 7.07. The monoisotopic (exact) mass is 518 g/mol. The predicted octanol–water partition coefficient (Wildman–Crippen LogP) is 5.06. The number of likely N-dealkylation sites (tertiary alicyclic amines) is 1. The lowest BCUT2D eigenvalue weighted by molar-refractivity contribution is -0.767. The van der Waals surface area contributed by atoms with E-state index in [1.54, 1.807) is 6.20 Å². The maximum absolute atomic E-state index is 13.0. The van der Waals surface area contributed by atoms with E-state index >= 15 is 0 Å². The van der Waals surface area contributed by atoms with Gasteiger partial charge in [0.1, 0.15) is 5.69 Å². The van der Waals surface area contributed by atoms with Crippen LogP contribution in [0.3, 0.4) is 0 Å². The number of amides is 2. The van der Waals surface area contributed by atoms with E-state index < -0.39 is 0 Å². The summed E-state index contributed by atoms with van der Waals surface area (Å²) in [5, 5.41) is 9.80. The zero-order valence-corrected chi connectivity index (χ0v) is 23.1. The molecular formula is C29H40N7O2+. The van der Waals surface area contributed by atoms with Gasteiger partial charge in [0.25, 0.3) is 0 Å². The second-order valence-electron chi connectivity index (χ2n) is 11.7. The van der Waals surface area contributed by atoms with E-state index in [1.165, 1.54) is 11.1 Å². The van der Waals surface area contributed by atoms with Gasteiger partial charge in [-0.25, -0.2) is 14.8 Å². The van der Waals surface area contributed by atoms with Crippen LogP contribution in [-0.4, -0.2) is 50.8 Å². The largest absolute Gasteiger partial charge is 0.369 e. The number of nitrogens with zero attached hydrogens (tertiary/aromatic N) is 4. The van der Waals surface area contributed by atoms with E-state index in [0.29, 0.717) is 25.1 Å². The van der Waals surface area contributed by atoms with Crippen molar-refractivity contribution in [3.63, 3.8) is 0 Å². The maximum atomic E-state index is 13.0. The number of benzene rings is 1. The zero-order valence-electron chi connectivity index (χ0n) is 23.1. The summed E-state index contributed by atoms with van der Waals surface area (Å²) in [6, 6.07) is 8.79. The fraction of sp³-hybridized carbons (Fsp3) is 0.517. The number of fused-ring (bicyclic) bond motifs is 1. The molecule has 9 heteroatoms. The fourth-order valence-electron chi connectivity index (χ4n) is 5.15. The van der Waals surface area contributed by atoms with E-state index in [0.717, 1.165) is 42.6 Å². The van der Waals surface area contributed by atoms with Crippen molar-refractivity contribution in [1.29, 1.82) is 0 Å². The summed E-state index contributed by atoms with van der Waals surface area (Å²) in [4.78, 5) is 24.0. The molecule has 0 spiro atoms. The van der Waals surface area contributed by atoms with Gasteiger partial charge < -0.3 is 20.3 Å². The molecule has 2 aliphatic rings. The molecule has 38 heavy (non-hydrogen) atoms. The molecule has 0 bridgehead atoms. The first kappa shape index (κ1) is 26.2. The Morgan fingerprint density at radius 1 is 1.21 bits per heavy atom. The van der Waals surface area contributed by atoms with Gasteiger partial charge in [-0.1, -0.05) is 18.6 Å². The van der Waals surface area contributed by atoms with Crippen LogP contribution in [0, 0.1) is 0 Å². The van der Waals surface area contributed by atoms with Gasteiger partial charge >= 0.3 is 6.03 Å². The molecule has 1 saturated heterocycles. The van der Waals surface area contributed by atoms with Gasteiger partial charge in [-0.15, -0.1) is 4.68 Å². The molecule has 2 aromatic heterocycles. The molecule has 9 nitrogen and oxygen atoms in total. The number of carbonyl (C=O) groups is 1. The lowest BCUT2D eigenvalue weighted by Gasteiger charge is -2.42. The van der Waals surface area contributed by atoms with Gasteiger partial charge in [-0.3, -0.25) is 0 Å². The highest BCUT2D eigenvalue weighted by molar-refractivity contribution is 5.76. The van der Waals surface area contributed by atoms with Crippen molar-refractivity contribution >= 4 is 17.7 Å². The molecule has 0 radical (unpaired) electrons. The zero-order chi connectivity index (χ0) is 26.9. The van der Waals surface area contributed by atoms with Gasteiger partial charge in [0.05, 0.1) is 42.7 Å². The normalized spacial score (nSPS) is 18.1. The molecule has 2 amide bonds. The summed E-state index contributed by atoms with van der Waals surface area (Å²) in [6.07, 6.45) is 9.95. The van der Waals surface area contributed by atoms with Crippen molar-refractivity contribution in [2.45, 2.75) is 84.1 Å². The van der Waals surface area contributed by atoms with Gasteiger partial charge in [0.15, 0.2) is 6.04 Å². The lowest BCUT2D eigenvalue weighted by atomic mass is 9.95. The van der Waals surface area contributed by atoms with Crippen molar-refractivity contribution in [1.82, 2.24) is 25.3 Å². The smallest absolute Gasteiger partial charge is 0.318 e. The fourth-order valence-corrected chi connectivity index (χ4v) is 5.15. The average molecular weight is 519 g/mol. The predicted molar refractivity (Wildman–Crippen MR) is 147 cm³/mol. The number of urea groups is 1. The summed E-state index contributed by atoms with van der Waals surface area (Å²) in [5.74, 6) is 0.556. The number of ether oxygens (including phenoxy) is 1. The molecule has 5 rings (SSSR count). The Hall–Kier alpha value is -3.46. The van der Waals surface area contributed by atoms with Crippen LogP contribution in [0.5, 0.6) is 0 Å². The Morgan fingerprint density at radius 3 is 2.76 bits per heavy atom. The van der Waals surface area contributed by atoms with Crippen molar-refractivity contribution in [3.05, 3.63) is 54.0 Å². The Morgan fingerprint density at radius 2 is 2.03 bits per heavy atom. The molecule has 3 aromatic rings. The van der Waals surface area contributed by atoms with E-state index in [9.17, 15) is 4.79 Å². The summed E-state index contributed by atoms with van der Waals surface area (Å²) < 4.78 is 8.01. The molecule has 1 unspecified atom stereocenters. The number of rotatable bonds is 6. The molecule has 0 saturated carbocycles. The number of anilines is 2. The molecule has 1 atom stereocenters. The van der Waals surface area contributed by atoms with E-state index in [1.807, 2.05) is 28.0 Å². The first-order valence-electron chi connectivity index (χ1n) is 13.7. The molecule has 202 valence electrons. The Bertz CT molecular complexity index is 1270. The second-order valence-corrected chi connectivity index (χ2v) is 11.7. The number of hydrogen-bond donors (Lipinski definition) is 3. The SMILES string of the molecule is CC(C)[n+]1cc(Nc2nccc(-c3ccc4c(c3)CCCCC4NC(=O)N3CC(OC(C)(C)C)C3)n2)c[nH]1. The van der Waals surface area contributed by atoms with Crippen molar-refractivity contribution < 1.29 is 14.2 Å². The highest BCUT2D eigenvalue weighted by Gasteiger charge is 2.35. The number of aromatic nitrogens is 4. The quantitative estimate of drug-likeness (QED) is 0.313. The standard InChI is InChI=1S/C29H39N7O2/c1-19(2)36-16-22(15-31-36)32-27-30-13-12-25(33-27)21-10-11-24-20(14-21)8-6-7-9-26(24)34-28(37)35-17-23(18-35)38-29(3,4)5/h10-16,19,23,26H,6-9,17-18H2,1-5H3,(H2,30,32,33,34,37)/p+1. The molecule has 1 aliphatic heterocycles. The molecule has 3 heterocycles. The summed E-state index contributed by atoms with van der Waals surface area (Å²) >= 11 is 0. The topological polar surface area (TPSA) is 99.1 Å². The maximum Gasteiger partial charge on any atom is 0.318 e. The number of H-pyrrole nitrogens is 1. The second kappa shape index (κ2) is 10.7. The van der Waals surface area contributed by atoms with Crippen LogP contribution >= 0.6 is 0 Å². The number of nitrogens with one attached hydrogen (secondary N) is 3. The van der Waals surface area contributed by atoms with Crippen molar-refractivity contribution in [2.24, 2.45) is 0 Å². The van der Waals surface area contributed by atoms with E-state index in [-0.39, 0.29) is 23.8 Å². The highest BCUT2D eigenvalue weighted by atomic mass is 16.5. The van der Waals surface area contributed by atoms with Crippen molar-refractivity contribution in [2.75, 3.05) is 18.4 Å². The van der Waals surface area contributed by atoms with Gasteiger partial charge in [-0.2, -0.15) is 5.10 Å². The van der Waals surface area contributed by atoms with Crippen LogP contribution in [0.2, 0.25) is 0 Å². The number of aryl methyl sites for hydroxylation is 1. The Labute approximate surface area is 225 Å². The number of carbonyl (C=O) groups excluding carboxylic acids is 1.